The zero-order valence-electron chi connectivity index (χ0n) is 18.5. The molecule has 2 heterocycles. The van der Waals surface area contributed by atoms with Crippen LogP contribution >= 0.6 is 0 Å². The Labute approximate surface area is 179 Å². The quantitative estimate of drug-likeness (QED) is 0.645. The molecule has 4 rings (SSSR count). The maximum Gasteiger partial charge on any atom is 0.228 e. The number of amides is 1. The van der Waals surface area contributed by atoms with Gasteiger partial charge in [0, 0.05) is 18.3 Å². The van der Waals surface area contributed by atoms with Gasteiger partial charge in [0.25, 0.3) is 0 Å². The molecule has 1 fully saturated rings. The number of hydrogen-bond donors (Lipinski definition) is 1. The number of likely N-dealkylation sites (tertiary alicyclic amines) is 1. The summed E-state index contributed by atoms with van der Waals surface area (Å²) in [5, 5.41) is 3.16. The number of nitrogens with one attached hydrogen (secondary N) is 1. The van der Waals surface area contributed by atoms with Crippen LogP contribution in [-0.4, -0.2) is 33.4 Å². The molecule has 0 unspecified atom stereocenters. The molecule has 0 radical (unpaired) electrons. The van der Waals surface area contributed by atoms with Crippen molar-refractivity contribution in [3.05, 3.63) is 59.4 Å². The van der Waals surface area contributed by atoms with E-state index in [1.165, 1.54) is 11.1 Å². The minimum Gasteiger partial charge on any atom is -0.326 e. The number of piperidine rings is 1. The summed E-state index contributed by atoms with van der Waals surface area (Å²) >= 11 is 0. The standard InChI is InChI=1S/C25H32N4O/c1-17(2)29-23-10-6-5-9-22(23)26-24(29)16-28-13-7-8-20(15-28)25(30)27-21-12-11-18(3)14-19(21)4/h5-6,9-12,14,17,20H,7-8,13,15-16H2,1-4H3,(H,27,30)/t20-/m0/s1. The maximum atomic E-state index is 13.0. The Morgan fingerprint density at radius 2 is 2.00 bits per heavy atom. The van der Waals surface area contributed by atoms with Gasteiger partial charge in [0.2, 0.25) is 5.91 Å². The van der Waals surface area contributed by atoms with Gasteiger partial charge in [-0.25, -0.2) is 4.98 Å². The first-order chi connectivity index (χ1) is 14.4. The van der Waals surface area contributed by atoms with Gasteiger partial charge in [-0.1, -0.05) is 29.8 Å². The molecule has 5 nitrogen and oxygen atoms in total. The number of aryl methyl sites for hydroxylation is 2. The summed E-state index contributed by atoms with van der Waals surface area (Å²) in [5.74, 6) is 1.22. The summed E-state index contributed by atoms with van der Waals surface area (Å²) in [6, 6.07) is 14.8. The van der Waals surface area contributed by atoms with E-state index in [1.807, 2.05) is 25.1 Å². The molecule has 3 aromatic rings. The minimum absolute atomic E-state index is 0.0105. The number of carbonyl (C=O) groups excluding carboxylic acids is 1. The molecule has 1 N–H and O–H groups in total. The lowest BCUT2D eigenvalue weighted by Crippen LogP contribution is -2.40. The van der Waals surface area contributed by atoms with E-state index >= 15 is 0 Å². The highest BCUT2D eigenvalue weighted by molar-refractivity contribution is 5.93. The first kappa shape index (κ1) is 20.6. The fraction of sp³-hybridized carbons (Fsp3) is 0.440. The molecule has 5 heteroatoms. The lowest BCUT2D eigenvalue weighted by molar-refractivity contribution is -0.121. The summed E-state index contributed by atoms with van der Waals surface area (Å²) < 4.78 is 2.33. The van der Waals surface area contributed by atoms with Crippen LogP contribution in [0.15, 0.2) is 42.5 Å². The highest BCUT2D eigenvalue weighted by Crippen LogP contribution is 2.25. The van der Waals surface area contributed by atoms with E-state index in [9.17, 15) is 4.79 Å². The maximum absolute atomic E-state index is 13.0. The third-order valence-electron chi connectivity index (χ3n) is 6.07. The average Bonchev–Trinajstić information content (AvgIpc) is 3.08. The monoisotopic (exact) mass is 404 g/mol. The van der Waals surface area contributed by atoms with Crippen molar-refractivity contribution in [1.29, 1.82) is 0 Å². The van der Waals surface area contributed by atoms with Crippen molar-refractivity contribution in [2.24, 2.45) is 5.92 Å². The SMILES string of the molecule is Cc1ccc(NC(=O)[C@H]2CCCN(Cc3nc4ccccc4n3C(C)C)C2)c(C)c1. The van der Waals surface area contributed by atoms with E-state index in [1.54, 1.807) is 0 Å². The van der Waals surface area contributed by atoms with Gasteiger partial charge in [-0.2, -0.15) is 0 Å². The van der Waals surface area contributed by atoms with Crippen LogP contribution in [0.4, 0.5) is 5.69 Å². The first-order valence-electron chi connectivity index (χ1n) is 11.0. The van der Waals surface area contributed by atoms with Gasteiger partial charge in [0.05, 0.1) is 23.5 Å². The largest absolute Gasteiger partial charge is 0.326 e. The van der Waals surface area contributed by atoms with Crippen molar-refractivity contribution in [2.45, 2.75) is 53.1 Å². The molecule has 158 valence electrons. The van der Waals surface area contributed by atoms with Gasteiger partial charge >= 0.3 is 0 Å². The van der Waals surface area contributed by atoms with Crippen LogP contribution in [0.1, 0.15) is 49.7 Å². The average molecular weight is 405 g/mol. The fourth-order valence-electron chi connectivity index (χ4n) is 4.58. The van der Waals surface area contributed by atoms with Crippen molar-refractivity contribution in [3.63, 3.8) is 0 Å². The van der Waals surface area contributed by atoms with Crippen LogP contribution in [0, 0.1) is 19.8 Å². The van der Waals surface area contributed by atoms with Crippen molar-refractivity contribution >= 4 is 22.6 Å². The van der Waals surface area contributed by atoms with Gasteiger partial charge in [0.15, 0.2) is 0 Å². The normalized spacial score (nSPS) is 17.6. The predicted molar refractivity (Wildman–Crippen MR) is 123 cm³/mol. The van der Waals surface area contributed by atoms with Crippen LogP contribution in [0.5, 0.6) is 0 Å². The Bertz CT molecular complexity index is 1050. The van der Waals surface area contributed by atoms with Gasteiger partial charge < -0.3 is 9.88 Å². The fourth-order valence-corrected chi connectivity index (χ4v) is 4.58. The molecule has 1 aliphatic rings. The number of imidazole rings is 1. The Balaban J connectivity index is 1.47. The van der Waals surface area contributed by atoms with Gasteiger partial charge in [-0.3, -0.25) is 9.69 Å². The molecule has 0 aliphatic carbocycles. The zero-order chi connectivity index (χ0) is 21.3. The van der Waals surface area contributed by atoms with E-state index in [0.717, 1.165) is 55.1 Å². The van der Waals surface area contributed by atoms with Gasteiger partial charge in [-0.05, 0) is 70.8 Å². The number of rotatable bonds is 5. The molecular formula is C25H32N4O. The first-order valence-corrected chi connectivity index (χ1v) is 11.0. The molecule has 30 heavy (non-hydrogen) atoms. The number of anilines is 1. The molecule has 1 aromatic heterocycles. The lowest BCUT2D eigenvalue weighted by atomic mass is 9.96. The number of para-hydroxylation sites is 2. The number of aromatic nitrogens is 2. The zero-order valence-corrected chi connectivity index (χ0v) is 18.5. The number of nitrogens with zero attached hydrogens (tertiary/aromatic N) is 3. The van der Waals surface area contributed by atoms with E-state index < -0.39 is 0 Å². The van der Waals surface area contributed by atoms with Crippen LogP contribution in [0.25, 0.3) is 11.0 Å². The highest BCUT2D eigenvalue weighted by atomic mass is 16.1. The van der Waals surface area contributed by atoms with Crippen LogP contribution in [0.3, 0.4) is 0 Å². The molecule has 0 bridgehead atoms. The number of carbonyl (C=O) groups is 1. The highest BCUT2D eigenvalue weighted by Gasteiger charge is 2.27. The third kappa shape index (κ3) is 4.26. The summed E-state index contributed by atoms with van der Waals surface area (Å²) in [4.78, 5) is 20.3. The molecule has 1 aliphatic heterocycles. The topological polar surface area (TPSA) is 50.2 Å². The van der Waals surface area contributed by atoms with Crippen LogP contribution in [-0.2, 0) is 11.3 Å². The predicted octanol–water partition coefficient (Wildman–Crippen LogP) is 5.08. The molecule has 1 amide bonds. The summed E-state index contributed by atoms with van der Waals surface area (Å²) in [6.07, 6.45) is 1.97. The van der Waals surface area contributed by atoms with Crippen LogP contribution in [0.2, 0.25) is 0 Å². The lowest BCUT2D eigenvalue weighted by Gasteiger charge is -2.32. The van der Waals surface area contributed by atoms with E-state index in [-0.39, 0.29) is 11.8 Å². The second-order valence-corrected chi connectivity index (χ2v) is 8.86. The Morgan fingerprint density at radius 1 is 1.20 bits per heavy atom. The third-order valence-corrected chi connectivity index (χ3v) is 6.07. The smallest absolute Gasteiger partial charge is 0.228 e. The second kappa shape index (κ2) is 8.60. The molecule has 0 saturated carbocycles. The molecule has 1 saturated heterocycles. The Kier molecular flexibility index (Phi) is 5.91. The molecule has 2 aromatic carbocycles. The van der Waals surface area contributed by atoms with E-state index in [4.69, 9.17) is 4.98 Å². The van der Waals surface area contributed by atoms with E-state index in [2.05, 4.69) is 59.8 Å². The Morgan fingerprint density at radius 3 is 2.77 bits per heavy atom. The molecular weight excluding hydrogens is 372 g/mol. The van der Waals surface area contributed by atoms with Crippen molar-refractivity contribution in [1.82, 2.24) is 14.5 Å². The summed E-state index contributed by atoms with van der Waals surface area (Å²) in [7, 11) is 0. The van der Waals surface area contributed by atoms with Crippen LogP contribution < -0.4 is 5.32 Å². The van der Waals surface area contributed by atoms with Crippen molar-refractivity contribution in [2.75, 3.05) is 18.4 Å². The minimum atomic E-state index is 0.0105. The van der Waals surface area contributed by atoms with E-state index in [0.29, 0.717) is 6.04 Å². The molecule has 1 atom stereocenters. The Hall–Kier alpha value is -2.66. The number of benzene rings is 2. The van der Waals surface area contributed by atoms with Crippen molar-refractivity contribution < 1.29 is 4.79 Å². The number of hydrogen-bond acceptors (Lipinski definition) is 3. The second-order valence-electron chi connectivity index (χ2n) is 8.86. The summed E-state index contributed by atoms with van der Waals surface area (Å²) in [5.41, 5.74) is 5.47. The van der Waals surface area contributed by atoms with Gasteiger partial charge in [0.1, 0.15) is 5.82 Å². The molecule has 0 spiro atoms. The van der Waals surface area contributed by atoms with Gasteiger partial charge in [-0.15, -0.1) is 0 Å². The summed E-state index contributed by atoms with van der Waals surface area (Å²) in [6.45, 7) is 11.1. The number of fused-ring (bicyclic) bond motifs is 1. The van der Waals surface area contributed by atoms with Crippen molar-refractivity contribution in [3.8, 4) is 0 Å².